The van der Waals surface area contributed by atoms with Crippen LogP contribution in [0.3, 0.4) is 0 Å². The summed E-state index contributed by atoms with van der Waals surface area (Å²) < 4.78 is 5.21. The van der Waals surface area contributed by atoms with Crippen LogP contribution >= 0.6 is 11.3 Å². The van der Waals surface area contributed by atoms with Crippen LogP contribution in [-0.2, 0) is 11.2 Å². The van der Waals surface area contributed by atoms with E-state index in [1.54, 1.807) is 7.11 Å². The summed E-state index contributed by atoms with van der Waals surface area (Å²) in [4.78, 5) is 26.8. The molecule has 1 heterocycles. The van der Waals surface area contributed by atoms with Gasteiger partial charge in [0.15, 0.2) is 0 Å². The Morgan fingerprint density at radius 1 is 0.825 bits per heavy atom. The predicted octanol–water partition coefficient (Wildman–Crippen LogP) is 6.83. The van der Waals surface area contributed by atoms with Crippen molar-refractivity contribution in [3.63, 3.8) is 0 Å². The van der Waals surface area contributed by atoms with Gasteiger partial charge in [-0.25, -0.2) is 4.79 Å². The molecule has 0 fully saturated rings. The van der Waals surface area contributed by atoms with Crippen molar-refractivity contribution in [2.24, 2.45) is 0 Å². The first-order chi connectivity index (χ1) is 19.2. The van der Waals surface area contributed by atoms with Crippen LogP contribution in [0.2, 0.25) is 0 Å². The van der Waals surface area contributed by atoms with Gasteiger partial charge in [-0.3, -0.25) is 10.1 Å². The molecule has 208 valence electrons. The second-order valence-electron chi connectivity index (χ2n) is 10.1. The quantitative estimate of drug-likeness (QED) is 0.198. The monoisotopic (exact) mass is 557 g/mol. The summed E-state index contributed by atoms with van der Waals surface area (Å²) >= 11 is 1.26. The number of rotatable bonds is 10. The standard InChI is InChI=1S/C31H35N5O3S/c1-19(2)24-12-9-13-25(20(3)4)27(24)33-30(38)32-26(18-21-10-7-6-8-11-21)28(37)34-31-36-35-29(40-31)22-14-16-23(39-5)17-15-22/h6-17,19-20,26H,18H2,1-5H3,(H2,32,33,38)(H,34,36,37). The molecule has 9 heteroatoms. The topological polar surface area (TPSA) is 105 Å². The second-order valence-corrected chi connectivity index (χ2v) is 11.1. The highest BCUT2D eigenvalue weighted by molar-refractivity contribution is 7.18. The Morgan fingerprint density at radius 2 is 1.48 bits per heavy atom. The van der Waals surface area contributed by atoms with Gasteiger partial charge in [0.1, 0.15) is 16.8 Å². The molecule has 0 bridgehead atoms. The average molecular weight is 558 g/mol. The molecule has 0 saturated carbocycles. The number of hydrogen-bond donors (Lipinski definition) is 3. The fraction of sp³-hybridized carbons (Fsp3) is 0.290. The minimum absolute atomic E-state index is 0.217. The molecule has 3 amide bonds. The molecule has 1 aromatic heterocycles. The SMILES string of the molecule is COc1ccc(-c2nnc(NC(=O)C(Cc3ccccc3)NC(=O)Nc3c(C(C)C)cccc3C(C)C)s2)cc1. The Morgan fingerprint density at radius 3 is 2.08 bits per heavy atom. The number of nitrogens with zero attached hydrogens (tertiary/aromatic N) is 2. The van der Waals surface area contributed by atoms with E-state index in [0.29, 0.717) is 16.6 Å². The van der Waals surface area contributed by atoms with Gasteiger partial charge < -0.3 is 15.4 Å². The number of anilines is 2. The maximum atomic E-state index is 13.5. The lowest BCUT2D eigenvalue weighted by molar-refractivity contribution is -0.117. The van der Waals surface area contributed by atoms with Gasteiger partial charge in [-0.05, 0) is 52.8 Å². The minimum Gasteiger partial charge on any atom is -0.497 e. The van der Waals surface area contributed by atoms with E-state index in [0.717, 1.165) is 33.7 Å². The Labute approximate surface area is 239 Å². The van der Waals surface area contributed by atoms with E-state index in [-0.39, 0.29) is 17.7 Å². The van der Waals surface area contributed by atoms with E-state index in [9.17, 15) is 9.59 Å². The first-order valence-corrected chi connectivity index (χ1v) is 14.1. The number of urea groups is 1. The summed E-state index contributed by atoms with van der Waals surface area (Å²) in [6.45, 7) is 8.37. The highest BCUT2D eigenvalue weighted by atomic mass is 32.1. The Balaban J connectivity index is 1.53. The molecule has 3 N–H and O–H groups in total. The van der Waals surface area contributed by atoms with Crippen molar-refractivity contribution in [1.29, 1.82) is 0 Å². The number of benzene rings is 3. The summed E-state index contributed by atoms with van der Waals surface area (Å²) in [6.07, 6.45) is 0.313. The third kappa shape index (κ3) is 7.24. The van der Waals surface area contributed by atoms with E-state index in [2.05, 4.69) is 53.8 Å². The third-order valence-corrected chi connectivity index (χ3v) is 7.40. The van der Waals surface area contributed by atoms with Crippen molar-refractivity contribution in [1.82, 2.24) is 15.5 Å². The van der Waals surface area contributed by atoms with Crippen LogP contribution in [0, 0.1) is 0 Å². The molecule has 1 atom stereocenters. The number of aromatic nitrogens is 2. The first-order valence-electron chi connectivity index (χ1n) is 13.3. The smallest absolute Gasteiger partial charge is 0.319 e. The number of hydrogen-bond acceptors (Lipinski definition) is 6. The Bertz CT molecular complexity index is 1410. The van der Waals surface area contributed by atoms with Gasteiger partial charge in [-0.15, -0.1) is 10.2 Å². The summed E-state index contributed by atoms with van der Waals surface area (Å²) in [6, 6.07) is 21.8. The molecule has 40 heavy (non-hydrogen) atoms. The fourth-order valence-electron chi connectivity index (χ4n) is 4.38. The lowest BCUT2D eigenvalue weighted by Crippen LogP contribution is -2.47. The van der Waals surface area contributed by atoms with Crippen molar-refractivity contribution in [2.45, 2.75) is 52.0 Å². The predicted molar refractivity (Wildman–Crippen MR) is 161 cm³/mol. The van der Waals surface area contributed by atoms with E-state index >= 15 is 0 Å². The van der Waals surface area contributed by atoms with E-state index in [4.69, 9.17) is 4.74 Å². The molecule has 1 unspecified atom stereocenters. The van der Waals surface area contributed by atoms with Gasteiger partial charge in [0.25, 0.3) is 0 Å². The zero-order valence-corrected chi connectivity index (χ0v) is 24.2. The minimum atomic E-state index is -0.843. The van der Waals surface area contributed by atoms with Crippen LogP contribution in [0.4, 0.5) is 15.6 Å². The number of amides is 3. The van der Waals surface area contributed by atoms with Gasteiger partial charge in [0, 0.05) is 17.7 Å². The Hall–Kier alpha value is -4.24. The lowest BCUT2D eigenvalue weighted by Gasteiger charge is -2.22. The molecular formula is C31H35N5O3S. The van der Waals surface area contributed by atoms with Crippen LogP contribution in [-0.4, -0.2) is 35.3 Å². The van der Waals surface area contributed by atoms with Crippen LogP contribution in [0.1, 0.15) is 56.2 Å². The summed E-state index contributed by atoms with van der Waals surface area (Å²) in [7, 11) is 1.61. The fourth-order valence-corrected chi connectivity index (χ4v) is 5.13. The van der Waals surface area contributed by atoms with Crippen LogP contribution < -0.4 is 20.7 Å². The van der Waals surface area contributed by atoms with Crippen LogP contribution in [0.15, 0.2) is 72.8 Å². The molecule has 4 rings (SSSR count). The highest BCUT2D eigenvalue weighted by Gasteiger charge is 2.24. The van der Waals surface area contributed by atoms with Gasteiger partial charge in [0.05, 0.1) is 7.11 Å². The van der Waals surface area contributed by atoms with Crippen molar-refractivity contribution in [3.05, 3.63) is 89.5 Å². The zero-order chi connectivity index (χ0) is 28.6. The number of methoxy groups -OCH3 is 1. The third-order valence-electron chi connectivity index (χ3n) is 6.51. The van der Waals surface area contributed by atoms with E-state index in [1.165, 1.54) is 11.3 Å². The van der Waals surface area contributed by atoms with Gasteiger partial charge in [-0.1, -0.05) is 87.6 Å². The number of ether oxygens (including phenoxy) is 1. The first kappa shape index (κ1) is 28.8. The van der Waals surface area contributed by atoms with Crippen molar-refractivity contribution in [2.75, 3.05) is 17.7 Å². The van der Waals surface area contributed by atoms with E-state index in [1.807, 2.05) is 72.8 Å². The molecule has 4 aromatic rings. The molecular weight excluding hydrogens is 522 g/mol. The summed E-state index contributed by atoms with van der Waals surface area (Å²) in [5.74, 6) is 0.800. The highest BCUT2D eigenvalue weighted by Crippen LogP contribution is 2.32. The molecule has 0 aliphatic rings. The van der Waals surface area contributed by atoms with Crippen molar-refractivity contribution >= 4 is 34.1 Å². The van der Waals surface area contributed by atoms with Gasteiger partial charge in [-0.2, -0.15) is 0 Å². The molecule has 0 saturated heterocycles. The maximum Gasteiger partial charge on any atom is 0.319 e. The lowest BCUT2D eigenvalue weighted by atomic mass is 9.93. The number of carbonyl (C=O) groups is 2. The number of para-hydroxylation sites is 1. The van der Waals surface area contributed by atoms with Crippen LogP contribution in [0.25, 0.3) is 10.6 Å². The summed E-state index contributed by atoms with van der Waals surface area (Å²) in [5, 5.41) is 18.2. The van der Waals surface area contributed by atoms with Crippen LogP contribution in [0.5, 0.6) is 5.75 Å². The van der Waals surface area contributed by atoms with Crippen molar-refractivity contribution < 1.29 is 14.3 Å². The van der Waals surface area contributed by atoms with Crippen molar-refractivity contribution in [3.8, 4) is 16.3 Å². The summed E-state index contributed by atoms with van der Waals surface area (Å²) in [5.41, 5.74) is 4.67. The van der Waals surface area contributed by atoms with E-state index < -0.39 is 12.1 Å². The number of nitrogens with one attached hydrogen (secondary N) is 3. The molecule has 0 aliphatic heterocycles. The largest absolute Gasteiger partial charge is 0.497 e. The second kappa shape index (κ2) is 13.2. The zero-order valence-electron chi connectivity index (χ0n) is 23.4. The van der Waals surface area contributed by atoms with Gasteiger partial charge >= 0.3 is 6.03 Å². The van der Waals surface area contributed by atoms with Gasteiger partial charge in [0.2, 0.25) is 11.0 Å². The average Bonchev–Trinajstić information content (AvgIpc) is 3.41. The maximum absolute atomic E-state index is 13.5. The molecule has 0 aliphatic carbocycles. The molecule has 3 aromatic carbocycles. The normalized spacial score (nSPS) is 11.8. The number of carbonyl (C=O) groups excluding carboxylic acids is 2. The molecule has 0 radical (unpaired) electrons. The molecule has 0 spiro atoms. The Kier molecular flexibility index (Phi) is 9.50. The molecule has 8 nitrogen and oxygen atoms in total.